The van der Waals surface area contributed by atoms with Crippen LogP contribution in [0.5, 0.6) is 5.75 Å². The second-order valence-corrected chi connectivity index (χ2v) is 5.98. The summed E-state index contributed by atoms with van der Waals surface area (Å²) < 4.78 is 34.7. The summed E-state index contributed by atoms with van der Waals surface area (Å²) in [6, 6.07) is 6.57. The molecule has 1 aromatic rings. The molecule has 1 heterocycles. The lowest BCUT2D eigenvalue weighted by Crippen LogP contribution is -2.45. The van der Waals surface area contributed by atoms with Crippen molar-refractivity contribution in [2.24, 2.45) is 4.99 Å². The fourth-order valence-corrected chi connectivity index (χ4v) is 2.58. The number of hydrogen-bond donors (Lipinski definition) is 2. The Labute approximate surface area is 141 Å². The quantitative estimate of drug-likeness (QED) is 0.591. The Morgan fingerprint density at radius 1 is 1.42 bits per heavy atom. The predicted octanol–water partition coefficient (Wildman–Crippen LogP) is 2.91. The highest BCUT2D eigenvalue weighted by molar-refractivity contribution is 5.79. The summed E-state index contributed by atoms with van der Waals surface area (Å²) in [4.78, 5) is 4.49. The zero-order valence-electron chi connectivity index (χ0n) is 14.1. The van der Waals surface area contributed by atoms with Crippen molar-refractivity contribution in [3.63, 3.8) is 0 Å². The molecule has 2 N–H and O–H groups in total. The highest BCUT2D eigenvalue weighted by Crippen LogP contribution is 2.23. The number of guanidine groups is 1. The fraction of sp³-hybridized carbons (Fsp3) is 0.588. The van der Waals surface area contributed by atoms with Gasteiger partial charge in [0.25, 0.3) is 0 Å². The van der Waals surface area contributed by atoms with Crippen molar-refractivity contribution in [2.75, 3.05) is 19.7 Å². The van der Waals surface area contributed by atoms with Gasteiger partial charge in [-0.2, -0.15) is 8.78 Å². The van der Waals surface area contributed by atoms with E-state index in [0.717, 1.165) is 31.6 Å². The Bertz CT molecular complexity index is 546. The number of hydrogen-bond acceptors (Lipinski definition) is 3. The monoisotopic (exact) mass is 341 g/mol. The van der Waals surface area contributed by atoms with E-state index < -0.39 is 6.61 Å². The summed E-state index contributed by atoms with van der Waals surface area (Å²) in [7, 11) is 0. The largest absolute Gasteiger partial charge is 0.435 e. The number of nitrogens with one attached hydrogen (secondary N) is 2. The van der Waals surface area contributed by atoms with Gasteiger partial charge in [0.05, 0.1) is 12.1 Å². The van der Waals surface area contributed by atoms with Crippen molar-refractivity contribution in [2.45, 2.75) is 45.4 Å². The van der Waals surface area contributed by atoms with Crippen LogP contribution < -0.4 is 15.4 Å². The van der Waals surface area contributed by atoms with E-state index in [2.05, 4.69) is 27.3 Å². The van der Waals surface area contributed by atoms with Crippen molar-refractivity contribution in [1.29, 1.82) is 0 Å². The van der Waals surface area contributed by atoms with E-state index >= 15 is 0 Å². The van der Waals surface area contributed by atoms with Gasteiger partial charge in [0.1, 0.15) is 5.75 Å². The van der Waals surface area contributed by atoms with Crippen LogP contribution in [0.2, 0.25) is 0 Å². The molecule has 134 valence electrons. The molecule has 0 bridgehead atoms. The van der Waals surface area contributed by atoms with Gasteiger partial charge in [-0.25, -0.2) is 4.99 Å². The summed E-state index contributed by atoms with van der Waals surface area (Å²) >= 11 is 0. The van der Waals surface area contributed by atoms with Crippen LogP contribution in [0.4, 0.5) is 8.78 Å². The molecule has 1 unspecified atom stereocenters. The van der Waals surface area contributed by atoms with E-state index in [1.807, 2.05) is 13.0 Å². The Morgan fingerprint density at radius 3 is 2.92 bits per heavy atom. The number of aliphatic imine (C=N–C) groups is 1. The van der Waals surface area contributed by atoms with Gasteiger partial charge in [-0.3, -0.25) is 0 Å². The topological polar surface area (TPSA) is 54.9 Å². The SMILES string of the molecule is CCNC(=NCc1cccc(OC(F)F)c1)NCC1(C)CCCO1. The average molecular weight is 341 g/mol. The van der Waals surface area contributed by atoms with Gasteiger partial charge in [-0.15, -0.1) is 0 Å². The molecule has 5 nitrogen and oxygen atoms in total. The minimum absolute atomic E-state index is 0.141. The summed E-state index contributed by atoms with van der Waals surface area (Å²) in [6.07, 6.45) is 2.09. The molecule has 0 radical (unpaired) electrons. The molecule has 0 amide bonds. The number of benzene rings is 1. The van der Waals surface area contributed by atoms with Crippen LogP contribution in [-0.4, -0.2) is 37.9 Å². The zero-order valence-corrected chi connectivity index (χ0v) is 14.1. The first kappa shape index (κ1) is 18.4. The molecule has 1 fully saturated rings. The third-order valence-corrected chi connectivity index (χ3v) is 3.82. The third-order valence-electron chi connectivity index (χ3n) is 3.82. The van der Waals surface area contributed by atoms with Gasteiger partial charge in [0, 0.05) is 19.7 Å². The van der Waals surface area contributed by atoms with E-state index in [-0.39, 0.29) is 11.4 Å². The lowest BCUT2D eigenvalue weighted by atomic mass is 10.0. The Kier molecular flexibility index (Phi) is 6.78. The fourth-order valence-electron chi connectivity index (χ4n) is 2.58. The average Bonchev–Trinajstić information content (AvgIpc) is 2.97. The number of nitrogens with zero attached hydrogens (tertiary/aromatic N) is 1. The molecule has 7 heteroatoms. The molecular weight excluding hydrogens is 316 g/mol. The van der Waals surface area contributed by atoms with E-state index in [4.69, 9.17) is 4.74 Å². The maximum absolute atomic E-state index is 12.3. The standard InChI is InChI=1S/C17H25F2N3O2/c1-3-20-16(22-12-17(2)8-5-9-23-17)21-11-13-6-4-7-14(10-13)24-15(18)19/h4,6-7,10,15H,3,5,8-9,11-12H2,1-2H3,(H2,20,21,22). The van der Waals surface area contributed by atoms with Crippen LogP contribution in [0.1, 0.15) is 32.3 Å². The number of halogens is 2. The van der Waals surface area contributed by atoms with Gasteiger partial charge in [0.2, 0.25) is 0 Å². The van der Waals surface area contributed by atoms with Gasteiger partial charge < -0.3 is 20.1 Å². The molecule has 0 aromatic heterocycles. The zero-order chi connectivity index (χ0) is 17.4. The highest BCUT2D eigenvalue weighted by atomic mass is 19.3. The minimum atomic E-state index is -2.82. The Morgan fingerprint density at radius 2 is 2.25 bits per heavy atom. The third kappa shape index (κ3) is 5.96. The van der Waals surface area contributed by atoms with Gasteiger partial charge in [0.15, 0.2) is 5.96 Å². The first-order valence-electron chi connectivity index (χ1n) is 8.21. The highest BCUT2D eigenvalue weighted by Gasteiger charge is 2.29. The maximum atomic E-state index is 12.3. The molecule has 0 spiro atoms. The normalized spacial score (nSPS) is 21.1. The van der Waals surface area contributed by atoms with Gasteiger partial charge in [-0.05, 0) is 44.4 Å². The number of alkyl halides is 2. The molecule has 1 aromatic carbocycles. The van der Waals surface area contributed by atoms with Crippen LogP contribution in [0.25, 0.3) is 0 Å². The van der Waals surface area contributed by atoms with Crippen molar-refractivity contribution in [3.8, 4) is 5.75 Å². The van der Waals surface area contributed by atoms with Crippen LogP contribution in [0, 0.1) is 0 Å². The Balaban J connectivity index is 1.94. The van der Waals surface area contributed by atoms with Crippen molar-refractivity contribution < 1.29 is 18.3 Å². The summed E-state index contributed by atoms with van der Waals surface area (Å²) in [5.41, 5.74) is 0.634. The van der Waals surface area contributed by atoms with Crippen molar-refractivity contribution in [1.82, 2.24) is 10.6 Å². The minimum Gasteiger partial charge on any atom is -0.435 e. The molecule has 2 rings (SSSR count). The summed E-state index contributed by atoms with van der Waals surface area (Å²) in [5.74, 6) is 0.817. The van der Waals surface area contributed by atoms with Crippen molar-refractivity contribution in [3.05, 3.63) is 29.8 Å². The first-order chi connectivity index (χ1) is 11.5. The molecule has 1 aliphatic heterocycles. The van der Waals surface area contributed by atoms with E-state index in [1.54, 1.807) is 12.1 Å². The number of rotatable bonds is 7. The smallest absolute Gasteiger partial charge is 0.387 e. The summed E-state index contributed by atoms with van der Waals surface area (Å²) in [5, 5.41) is 6.46. The first-order valence-corrected chi connectivity index (χ1v) is 8.21. The maximum Gasteiger partial charge on any atom is 0.387 e. The molecule has 24 heavy (non-hydrogen) atoms. The lowest BCUT2D eigenvalue weighted by Gasteiger charge is -2.24. The van der Waals surface area contributed by atoms with E-state index in [1.165, 1.54) is 6.07 Å². The van der Waals surface area contributed by atoms with E-state index in [0.29, 0.717) is 19.0 Å². The summed E-state index contributed by atoms with van der Waals surface area (Å²) in [6.45, 7) is 3.82. The second kappa shape index (κ2) is 8.82. The number of ether oxygens (including phenoxy) is 2. The molecule has 0 aliphatic carbocycles. The Hall–Kier alpha value is -1.89. The van der Waals surface area contributed by atoms with Gasteiger partial charge >= 0.3 is 6.61 Å². The molecule has 1 aliphatic rings. The molecular formula is C17H25F2N3O2. The van der Waals surface area contributed by atoms with Crippen LogP contribution in [-0.2, 0) is 11.3 Å². The van der Waals surface area contributed by atoms with Crippen LogP contribution in [0.15, 0.2) is 29.3 Å². The predicted molar refractivity (Wildman–Crippen MR) is 89.5 cm³/mol. The van der Waals surface area contributed by atoms with Crippen LogP contribution >= 0.6 is 0 Å². The molecule has 0 saturated carbocycles. The van der Waals surface area contributed by atoms with Crippen molar-refractivity contribution >= 4 is 5.96 Å². The van der Waals surface area contributed by atoms with E-state index in [9.17, 15) is 8.78 Å². The lowest BCUT2D eigenvalue weighted by molar-refractivity contribution is -0.0498. The molecule has 1 atom stereocenters. The molecule has 1 saturated heterocycles. The van der Waals surface area contributed by atoms with Crippen LogP contribution in [0.3, 0.4) is 0 Å². The van der Waals surface area contributed by atoms with Gasteiger partial charge in [-0.1, -0.05) is 12.1 Å². The second-order valence-electron chi connectivity index (χ2n) is 5.98.